The van der Waals surface area contributed by atoms with Gasteiger partial charge in [-0.1, -0.05) is 0 Å². The van der Waals surface area contributed by atoms with Crippen molar-refractivity contribution in [3.63, 3.8) is 0 Å². The number of hydrazine groups is 1. The number of nitrogens with two attached hydrogens (primary N) is 2. The lowest BCUT2D eigenvalue weighted by atomic mass is 10.3. The van der Waals surface area contributed by atoms with Gasteiger partial charge in [0, 0.05) is 40.3 Å². The second-order valence-electron chi connectivity index (χ2n) is 3.51. The maximum Gasteiger partial charge on any atom is 0.0517 e. The first-order valence-corrected chi connectivity index (χ1v) is 4.58. The minimum absolute atomic E-state index is 0.0182. The van der Waals surface area contributed by atoms with Crippen LogP contribution in [-0.2, 0) is 0 Å². The monoisotopic (exact) mass is 189 g/mol. The maximum absolute atomic E-state index is 5.65. The van der Waals surface area contributed by atoms with Gasteiger partial charge in [0.15, 0.2) is 0 Å². The van der Waals surface area contributed by atoms with Gasteiger partial charge in [-0.15, -0.1) is 0 Å². The maximum atomic E-state index is 5.65. The highest BCUT2D eigenvalue weighted by Gasteiger charge is 2.14. The van der Waals surface area contributed by atoms with Gasteiger partial charge in [0.05, 0.1) is 6.17 Å². The van der Waals surface area contributed by atoms with E-state index in [1.807, 2.05) is 33.1 Å². The summed E-state index contributed by atoms with van der Waals surface area (Å²) >= 11 is 0. The molecule has 0 aromatic carbocycles. The van der Waals surface area contributed by atoms with Gasteiger partial charge in [-0.3, -0.25) is 0 Å². The van der Waals surface area contributed by atoms with E-state index in [1.165, 1.54) is 0 Å². The third kappa shape index (κ3) is 5.17. The van der Waals surface area contributed by atoms with E-state index in [0.717, 1.165) is 6.54 Å². The number of likely N-dealkylation sites (N-methyl/N-ethyl adjacent to an activating group) is 1. The summed E-state index contributed by atoms with van der Waals surface area (Å²) in [5.41, 5.74) is 11.2. The van der Waals surface area contributed by atoms with E-state index in [9.17, 15) is 0 Å². The first-order valence-electron chi connectivity index (χ1n) is 4.58. The highest BCUT2D eigenvalue weighted by Crippen LogP contribution is 1.95. The molecule has 0 aromatic heterocycles. The lowest BCUT2D eigenvalue weighted by molar-refractivity contribution is 0.0129. The Balaban J connectivity index is 3.87. The number of hydrogen-bond donors (Lipinski definition) is 3. The predicted octanol–water partition coefficient (Wildman–Crippen LogP) is -1.38. The summed E-state index contributed by atoms with van der Waals surface area (Å²) in [7, 11) is 6.00. The minimum Gasteiger partial charge on any atom is -0.329 e. The summed E-state index contributed by atoms with van der Waals surface area (Å²) in [5, 5.41) is 7.27. The Morgan fingerprint density at radius 3 is 2.15 bits per heavy atom. The fraction of sp³-hybridized carbons (Fsp3) is 1.00. The number of nitrogens with one attached hydrogen (secondary N) is 1. The van der Waals surface area contributed by atoms with Crippen LogP contribution in [0.5, 0.6) is 0 Å². The van der Waals surface area contributed by atoms with Crippen LogP contribution in [0.25, 0.3) is 0 Å². The van der Waals surface area contributed by atoms with E-state index < -0.39 is 0 Å². The van der Waals surface area contributed by atoms with Gasteiger partial charge in [0.1, 0.15) is 0 Å². The van der Waals surface area contributed by atoms with E-state index in [0.29, 0.717) is 12.6 Å². The quantitative estimate of drug-likeness (QED) is 0.355. The van der Waals surface area contributed by atoms with Crippen molar-refractivity contribution < 1.29 is 0 Å². The van der Waals surface area contributed by atoms with Gasteiger partial charge in [0.25, 0.3) is 0 Å². The number of nitrogens with zero attached hydrogens (tertiary/aromatic N) is 2. The molecule has 0 aliphatic heterocycles. The van der Waals surface area contributed by atoms with Crippen molar-refractivity contribution in [3.05, 3.63) is 0 Å². The molecule has 80 valence electrons. The molecule has 0 heterocycles. The van der Waals surface area contributed by atoms with E-state index in [2.05, 4.69) is 10.3 Å². The zero-order chi connectivity index (χ0) is 10.4. The van der Waals surface area contributed by atoms with Crippen molar-refractivity contribution in [1.29, 1.82) is 0 Å². The van der Waals surface area contributed by atoms with E-state index in [1.54, 1.807) is 0 Å². The van der Waals surface area contributed by atoms with Gasteiger partial charge in [-0.2, -0.15) is 0 Å². The van der Waals surface area contributed by atoms with E-state index >= 15 is 0 Å². The molecule has 13 heavy (non-hydrogen) atoms. The van der Waals surface area contributed by atoms with E-state index in [4.69, 9.17) is 11.5 Å². The summed E-state index contributed by atoms with van der Waals surface area (Å²) in [5.74, 6) is 0. The molecular weight excluding hydrogens is 166 g/mol. The Bertz CT molecular complexity index is 126. The third-order valence-corrected chi connectivity index (χ3v) is 2.11. The van der Waals surface area contributed by atoms with Gasteiger partial charge in [0.2, 0.25) is 0 Å². The molecule has 0 amide bonds. The number of rotatable bonds is 6. The second kappa shape index (κ2) is 6.28. The van der Waals surface area contributed by atoms with Crippen LogP contribution in [0.2, 0.25) is 0 Å². The third-order valence-electron chi connectivity index (χ3n) is 2.11. The molecule has 0 saturated carbocycles. The van der Waals surface area contributed by atoms with Crippen LogP contribution in [0.15, 0.2) is 0 Å². The topological polar surface area (TPSA) is 70.5 Å². The summed E-state index contributed by atoms with van der Waals surface area (Å²) in [6, 6.07) is 0.293. The molecule has 0 fully saturated rings. The standard InChI is InChI=1S/C8H23N5/c1-7(10)11-6-8(5-9)13(4)12(2)3/h7-8,11H,5-6,9-10H2,1-4H3. The molecule has 0 aromatic rings. The van der Waals surface area contributed by atoms with Crippen molar-refractivity contribution in [2.45, 2.75) is 19.1 Å². The second-order valence-corrected chi connectivity index (χ2v) is 3.51. The molecule has 0 aliphatic rings. The van der Waals surface area contributed by atoms with Crippen LogP contribution in [0.3, 0.4) is 0 Å². The fourth-order valence-electron chi connectivity index (χ4n) is 1.02. The average Bonchev–Trinajstić information content (AvgIpc) is 2.04. The van der Waals surface area contributed by atoms with Crippen molar-refractivity contribution in [2.24, 2.45) is 11.5 Å². The first kappa shape index (κ1) is 12.8. The molecule has 0 saturated heterocycles. The molecule has 0 bridgehead atoms. The van der Waals surface area contributed by atoms with Gasteiger partial charge in [-0.25, -0.2) is 10.0 Å². The lowest BCUT2D eigenvalue weighted by Crippen LogP contribution is -2.52. The van der Waals surface area contributed by atoms with E-state index in [-0.39, 0.29) is 6.17 Å². The molecule has 2 atom stereocenters. The smallest absolute Gasteiger partial charge is 0.0517 e. The van der Waals surface area contributed by atoms with Crippen LogP contribution in [0, 0.1) is 0 Å². The summed E-state index contributed by atoms with van der Waals surface area (Å²) in [4.78, 5) is 0. The zero-order valence-electron chi connectivity index (χ0n) is 9.12. The molecule has 5 N–H and O–H groups in total. The molecule has 2 unspecified atom stereocenters. The molecule has 0 spiro atoms. The van der Waals surface area contributed by atoms with Gasteiger partial charge < -0.3 is 16.8 Å². The Kier molecular flexibility index (Phi) is 6.19. The fourth-order valence-corrected chi connectivity index (χ4v) is 1.02. The Hall–Kier alpha value is -0.200. The normalized spacial score (nSPS) is 16.6. The van der Waals surface area contributed by atoms with Crippen molar-refractivity contribution >= 4 is 0 Å². The molecule has 0 radical (unpaired) electrons. The Morgan fingerprint density at radius 1 is 1.31 bits per heavy atom. The SMILES string of the molecule is CC(N)NCC(CN)N(C)N(C)C. The Morgan fingerprint density at radius 2 is 1.85 bits per heavy atom. The predicted molar refractivity (Wildman–Crippen MR) is 55.9 cm³/mol. The molecule has 5 nitrogen and oxygen atoms in total. The van der Waals surface area contributed by atoms with Crippen LogP contribution >= 0.6 is 0 Å². The molecule has 0 aliphatic carbocycles. The average molecular weight is 189 g/mol. The van der Waals surface area contributed by atoms with Crippen molar-refractivity contribution in [3.8, 4) is 0 Å². The largest absolute Gasteiger partial charge is 0.329 e. The van der Waals surface area contributed by atoms with Crippen LogP contribution < -0.4 is 16.8 Å². The number of hydrogen-bond acceptors (Lipinski definition) is 5. The summed E-state index contributed by atoms with van der Waals surface area (Å²) in [6.07, 6.45) is 0.0182. The molecule has 5 heteroatoms. The van der Waals surface area contributed by atoms with Crippen LogP contribution in [0.4, 0.5) is 0 Å². The highest BCUT2D eigenvalue weighted by molar-refractivity contribution is 4.70. The van der Waals surface area contributed by atoms with Crippen LogP contribution in [0.1, 0.15) is 6.92 Å². The highest BCUT2D eigenvalue weighted by atomic mass is 15.6. The van der Waals surface area contributed by atoms with Gasteiger partial charge >= 0.3 is 0 Å². The minimum atomic E-state index is 0.0182. The summed E-state index contributed by atoms with van der Waals surface area (Å²) < 4.78 is 0. The van der Waals surface area contributed by atoms with Crippen molar-refractivity contribution in [2.75, 3.05) is 34.2 Å². The van der Waals surface area contributed by atoms with Crippen molar-refractivity contribution in [1.82, 2.24) is 15.3 Å². The summed E-state index contributed by atoms with van der Waals surface area (Å²) in [6.45, 7) is 3.35. The van der Waals surface area contributed by atoms with Crippen LogP contribution in [-0.4, -0.2) is 56.5 Å². The zero-order valence-corrected chi connectivity index (χ0v) is 9.12. The first-order chi connectivity index (χ1) is 5.99. The Labute approximate surface area is 81.0 Å². The van der Waals surface area contributed by atoms with Gasteiger partial charge in [-0.05, 0) is 6.92 Å². The lowest BCUT2D eigenvalue weighted by Gasteiger charge is -2.32. The molecule has 0 rings (SSSR count). The molecular formula is C8H23N5.